The van der Waals surface area contributed by atoms with E-state index >= 15 is 0 Å². The second-order valence-electron chi connectivity index (χ2n) is 7.68. The van der Waals surface area contributed by atoms with Crippen molar-refractivity contribution in [3.05, 3.63) is 77.7 Å². The largest absolute Gasteiger partial charge is 0.449 e. The van der Waals surface area contributed by atoms with E-state index in [9.17, 15) is 18.0 Å². The maximum Gasteiger partial charge on any atom is 0.449 e. The van der Waals surface area contributed by atoms with Gasteiger partial charge in [-0.1, -0.05) is 60.7 Å². The Kier molecular flexibility index (Phi) is 6.08. The van der Waals surface area contributed by atoms with Crippen molar-refractivity contribution in [1.82, 2.24) is 20.2 Å². The lowest BCUT2D eigenvalue weighted by Crippen LogP contribution is -2.44. The highest BCUT2D eigenvalue weighted by atomic mass is 19.4. The third-order valence-electron chi connectivity index (χ3n) is 5.42. The number of amides is 1. The number of nitrogens with zero attached hydrogens (tertiary/aromatic N) is 2. The minimum atomic E-state index is -4.66. The number of hydrogen-bond acceptors (Lipinski definition) is 3. The number of aromatic amines is 1. The van der Waals surface area contributed by atoms with Crippen molar-refractivity contribution in [1.29, 1.82) is 0 Å². The van der Waals surface area contributed by atoms with Crippen LogP contribution in [0.25, 0.3) is 11.3 Å². The smallest absolute Gasteiger partial charge is 0.348 e. The average Bonchev–Trinajstić information content (AvgIpc) is 3.23. The quantitative estimate of drug-likeness (QED) is 0.630. The molecule has 0 bridgehead atoms. The molecule has 1 fully saturated rings. The topological polar surface area (TPSA) is 61.0 Å². The number of carbonyl (C=O) groups excluding carboxylic acids is 1. The van der Waals surface area contributed by atoms with Gasteiger partial charge in [0.2, 0.25) is 5.82 Å². The van der Waals surface area contributed by atoms with Crippen LogP contribution in [0.3, 0.4) is 0 Å². The normalized spacial score (nSPS) is 15.7. The fourth-order valence-electron chi connectivity index (χ4n) is 3.81. The number of alkyl halides is 3. The van der Waals surface area contributed by atoms with Gasteiger partial charge < -0.3 is 10.3 Å². The minimum absolute atomic E-state index is 0.00642. The molecule has 1 aromatic heterocycles. The highest BCUT2D eigenvalue weighted by Crippen LogP contribution is 2.31. The zero-order valence-electron chi connectivity index (χ0n) is 16.8. The summed E-state index contributed by atoms with van der Waals surface area (Å²) in [6.07, 6.45) is -3.19. The van der Waals surface area contributed by atoms with Gasteiger partial charge in [0, 0.05) is 31.2 Å². The highest BCUT2D eigenvalue weighted by Gasteiger charge is 2.37. The molecule has 162 valence electrons. The maximum absolute atomic E-state index is 13.2. The van der Waals surface area contributed by atoms with E-state index in [1.165, 1.54) is 5.56 Å². The Morgan fingerprint density at radius 3 is 2.26 bits per heavy atom. The number of imidazole rings is 1. The van der Waals surface area contributed by atoms with Gasteiger partial charge in [-0.05, 0) is 18.4 Å². The first-order valence-electron chi connectivity index (χ1n) is 10.2. The number of hydrogen-bond donors (Lipinski definition) is 2. The number of nitrogens with one attached hydrogen (secondary N) is 2. The molecule has 0 spiro atoms. The van der Waals surface area contributed by atoms with Gasteiger partial charge in [-0.2, -0.15) is 13.2 Å². The van der Waals surface area contributed by atoms with Gasteiger partial charge in [0.05, 0.1) is 0 Å². The maximum atomic E-state index is 13.2. The van der Waals surface area contributed by atoms with Crippen LogP contribution in [-0.2, 0) is 12.7 Å². The van der Waals surface area contributed by atoms with Crippen LogP contribution in [0, 0.1) is 0 Å². The number of rotatable bonds is 5. The van der Waals surface area contributed by atoms with Crippen molar-refractivity contribution in [3.8, 4) is 11.3 Å². The first kappa shape index (κ1) is 21.1. The number of H-pyrrole nitrogens is 1. The Morgan fingerprint density at radius 2 is 1.65 bits per heavy atom. The van der Waals surface area contributed by atoms with Gasteiger partial charge in [-0.3, -0.25) is 9.69 Å². The third-order valence-corrected chi connectivity index (χ3v) is 5.42. The molecular weight excluding hydrogens is 405 g/mol. The van der Waals surface area contributed by atoms with Crippen LogP contribution in [0.5, 0.6) is 0 Å². The molecule has 4 rings (SSSR count). The molecule has 1 saturated heterocycles. The first-order valence-corrected chi connectivity index (χ1v) is 10.2. The SMILES string of the molecule is O=C(NC1CCN(Cc2ccccc2)CC1)c1[nH]c(C(F)(F)F)nc1-c1ccccc1. The summed E-state index contributed by atoms with van der Waals surface area (Å²) in [7, 11) is 0. The van der Waals surface area contributed by atoms with E-state index in [0.717, 1.165) is 32.5 Å². The Morgan fingerprint density at radius 1 is 1.03 bits per heavy atom. The van der Waals surface area contributed by atoms with Crippen molar-refractivity contribution in [2.45, 2.75) is 31.6 Å². The predicted molar refractivity (Wildman–Crippen MR) is 111 cm³/mol. The molecule has 5 nitrogen and oxygen atoms in total. The molecule has 31 heavy (non-hydrogen) atoms. The Balaban J connectivity index is 1.43. The predicted octanol–water partition coefficient (Wildman–Crippen LogP) is 4.49. The number of likely N-dealkylation sites (tertiary alicyclic amines) is 1. The summed E-state index contributed by atoms with van der Waals surface area (Å²) >= 11 is 0. The summed E-state index contributed by atoms with van der Waals surface area (Å²) in [6, 6.07) is 18.5. The Hall–Kier alpha value is -3.13. The van der Waals surface area contributed by atoms with Crippen LogP contribution in [0.4, 0.5) is 13.2 Å². The molecule has 2 heterocycles. The molecule has 0 unspecified atom stereocenters. The van der Waals surface area contributed by atoms with E-state index in [0.29, 0.717) is 5.56 Å². The molecule has 0 radical (unpaired) electrons. The molecule has 0 saturated carbocycles. The van der Waals surface area contributed by atoms with E-state index in [1.54, 1.807) is 30.3 Å². The van der Waals surface area contributed by atoms with Crippen molar-refractivity contribution in [2.24, 2.45) is 0 Å². The minimum Gasteiger partial charge on any atom is -0.348 e. The second kappa shape index (κ2) is 8.93. The van der Waals surface area contributed by atoms with Crippen LogP contribution in [0.15, 0.2) is 60.7 Å². The van der Waals surface area contributed by atoms with Gasteiger partial charge in [0.15, 0.2) is 0 Å². The number of carbonyl (C=O) groups is 1. The standard InChI is InChI=1S/C23H23F3N4O/c24-23(25,26)22-28-19(17-9-5-2-6-10-17)20(29-22)21(31)27-18-11-13-30(14-12-18)15-16-7-3-1-4-8-16/h1-10,18H,11-15H2,(H,27,31)(H,28,29). The fourth-order valence-corrected chi connectivity index (χ4v) is 3.81. The van der Waals surface area contributed by atoms with E-state index in [4.69, 9.17) is 0 Å². The van der Waals surface area contributed by atoms with Crippen molar-refractivity contribution in [2.75, 3.05) is 13.1 Å². The number of benzene rings is 2. The Bertz CT molecular complexity index is 1010. The van der Waals surface area contributed by atoms with Crippen molar-refractivity contribution < 1.29 is 18.0 Å². The fraction of sp³-hybridized carbons (Fsp3) is 0.304. The lowest BCUT2D eigenvalue weighted by atomic mass is 10.0. The molecule has 2 aromatic carbocycles. The lowest BCUT2D eigenvalue weighted by Gasteiger charge is -2.32. The van der Waals surface area contributed by atoms with Gasteiger partial charge >= 0.3 is 6.18 Å². The monoisotopic (exact) mass is 428 g/mol. The van der Waals surface area contributed by atoms with Crippen molar-refractivity contribution in [3.63, 3.8) is 0 Å². The van der Waals surface area contributed by atoms with Crippen LogP contribution in [0.2, 0.25) is 0 Å². The van der Waals surface area contributed by atoms with Gasteiger partial charge in [-0.15, -0.1) is 0 Å². The molecule has 1 aliphatic heterocycles. The summed E-state index contributed by atoms with van der Waals surface area (Å²) < 4.78 is 39.6. The second-order valence-corrected chi connectivity index (χ2v) is 7.68. The van der Waals surface area contributed by atoms with Gasteiger partial charge in [-0.25, -0.2) is 4.98 Å². The lowest BCUT2D eigenvalue weighted by molar-refractivity contribution is -0.144. The third kappa shape index (κ3) is 5.14. The van der Waals surface area contributed by atoms with E-state index in [2.05, 4.69) is 32.3 Å². The molecule has 2 N–H and O–H groups in total. The summed E-state index contributed by atoms with van der Waals surface area (Å²) in [5, 5.41) is 2.89. The van der Waals surface area contributed by atoms with Crippen LogP contribution in [0.1, 0.15) is 34.7 Å². The molecule has 3 aromatic rings. The molecule has 0 aliphatic carbocycles. The summed E-state index contributed by atoms with van der Waals surface area (Å²) in [5.74, 6) is -1.74. The molecule has 0 atom stereocenters. The zero-order valence-corrected chi connectivity index (χ0v) is 16.8. The molecule has 1 aliphatic rings. The molecule has 8 heteroatoms. The summed E-state index contributed by atoms with van der Waals surface area (Å²) in [6.45, 7) is 2.46. The first-order chi connectivity index (χ1) is 14.9. The van der Waals surface area contributed by atoms with Crippen molar-refractivity contribution >= 4 is 5.91 Å². The van der Waals surface area contributed by atoms with E-state index in [1.807, 2.05) is 18.2 Å². The number of halogens is 3. The van der Waals surface area contributed by atoms with Gasteiger partial charge in [0.1, 0.15) is 11.4 Å². The molecule has 1 amide bonds. The number of aromatic nitrogens is 2. The van der Waals surface area contributed by atoms with Crippen LogP contribution < -0.4 is 5.32 Å². The average molecular weight is 428 g/mol. The van der Waals surface area contributed by atoms with E-state index < -0.39 is 17.9 Å². The highest BCUT2D eigenvalue weighted by molar-refractivity contribution is 5.98. The van der Waals surface area contributed by atoms with Crippen LogP contribution >= 0.6 is 0 Å². The summed E-state index contributed by atoms with van der Waals surface area (Å²) in [4.78, 5) is 21.0. The van der Waals surface area contributed by atoms with Crippen LogP contribution in [-0.4, -0.2) is 39.9 Å². The zero-order chi connectivity index (χ0) is 21.8. The molecular formula is C23H23F3N4O. The van der Waals surface area contributed by atoms with Gasteiger partial charge in [0.25, 0.3) is 5.91 Å². The summed E-state index contributed by atoms with van der Waals surface area (Å²) in [5.41, 5.74) is 1.53. The van der Waals surface area contributed by atoms with E-state index in [-0.39, 0.29) is 17.4 Å². The Labute approximate surface area is 178 Å². The number of piperidine rings is 1.